The van der Waals surface area contributed by atoms with Gasteiger partial charge in [-0.2, -0.15) is 10.1 Å². The maximum absolute atomic E-state index is 12.9. The van der Waals surface area contributed by atoms with Crippen LogP contribution < -0.4 is 0 Å². The third-order valence-electron chi connectivity index (χ3n) is 5.64. The van der Waals surface area contributed by atoms with E-state index >= 15 is 0 Å². The van der Waals surface area contributed by atoms with Crippen LogP contribution in [0.4, 0.5) is 0 Å². The van der Waals surface area contributed by atoms with Crippen molar-refractivity contribution in [2.24, 2.45) is 7.05 Å². The van der Waals surface area contributed by atoms with Gasteiger partial charge in [-0.15, -0.1) is 0 Å². The van der Waals surface area contributed by atoms with Gasteiger partial charge in [-0.25, -0.2) is 0 Å². The van der Waals surface area contributed by atoms with Gasteiger partial charge in [0.2, 0.25) is 0 Å². The molecule has 1 saturated heterocycles. The Morgan fingerprint density at radius 1 is 1.21 bits per heavy atom. The first-order valence-corrected chi connectivity index (χ1v) is 9.78. The van der Waals surface area contributed by atoms with E-state index in [0.717, 1.165) is 43.0 Å². The first-order chi connectivity index (χ1) is 14.1. The van der Waals surface area contributed by atoms with Gasteiger partial charge < -0.3 is 14.2 Å². The van der Waals surface area contributed by atoms with Crippen LogP contribution in [0.1, 0.15) is 51.9 Å². The molecule has 1 fully saturated rings. The number of nitrogens with zero attached hydrogens (tertiary/aromatic N) is 6. The minimum Gasteiger partial charge on any atom is -0.381 e. The molecule has 0 N–H and O–H groups in total. The molecule has 1 amide bonds. The molecule has 0 aliphatic carbocycles. The van der Waals surface area contributed by atoms with Crippen molar-refractivity contribution >= 4 is 5.91 Å². The summed E-state index contributed by atoms with van der Waals surface area (Å²) in [6, 6.07) is 3.66. The Kier molecular flexibility index (Phi) is 4.39. The van der Waals surface area contributed by atoms with Gasteiger partial charge in [-0.05, 0) is 31.9 Å². The summed E-state index contributed by atoms with van der Waals surface area (Å²) in [5, 5.41) is 8.77. The highest BCUT2D eigenvalue weighted by Gasteiger charge is 2.33. The fourth-order valence-corrected chi connectivity index (χ4v) is 3.94. The number of hydrogen-bond donors (Lipinski definition) is 0. The van der Waals surface area contributed by atoms with Gasteiger partial charge in [0.05, 0.1) is 24.3 Å². The topological polar surface area (TPSA) is 99.2 Å². The van der Waals surface area contributed by atoms with E-state index in [-0.39, 0.29) is 11.8 Å². The Morgan fingerprint density at radius 2 is 2.03 bits per heavy atom. The predicted octanol–water partition coefficient (Wildman–Crippen LogP) is 2.22. The largest absolute Gasteiger partial charge is 0.381 e. The fraction of sp³-hybridized carbons (Fsp3) is 0.450. The molecule has 0 bridgehead atoms. The Hall–Kier alpha value is -3.07. The van der Waals surface area contributed by atoms with Crippen molar-refractivity contribution in [1.29, 1.82) is 0 Å². The van der Waals surface area contributed by atoms with Crippen molar-refractivity contribution in [3.63, 3.8) is 0 Å². The fourth-order valence-electron chi connectivity index (χ4n) is 3.94. The summed E-state index contributed by atoms with van der Waals surface area (Å²) in [5.74, 6) is 1.33. The lowest BCUT2D eigenvalue weighted by molar-refractivity contribution is 0.0748. The number of amides is 1. The number of fused-ring (bicyclic) bond motifs is 1. The molecule has 0 saturated carbocycles. The van der Waals surface area contributed by atoms with Gasteiger partial charge in [0.1, 0.15) is 0 Å². The number of carbonyl (C=O) groups is 1. The molecular formula is C20H22N6O3. The smallest absolute Gasteiger partial charge is 0.278 e. The zero-order chi connectivity index (χ0) is 20.0. The highest BCUT2D eigenvalue weighted by Crippen LogP contribution is 2.33. The number of rotatable bonds is 3. The van der Waals surface area contributed by atoms with Crippen LogP contribution >= 0.6 is 0 Å². The van der Waals surface area contributed by atoms with Crippen molar-refractivity contribution in [1.82, 2.24) is 29.8 Å². The SMILES string of the molecule is Cc1ccc(C(=O)N2Cc3c(-c4nc(C5CCOCC5)no4)nn(C)c3C2)cn1. The highest BCUT2D eigenvalue weighted by molar-refractivity contribution is 5.94. The van der Waals surface area contributed by atoms with E-state index in [2.05, 4.69) is 20.2 Å². The summed E-state index contributed by atoms with van der Waals surface area (Å²) in [5.41, 5.74) is 4.07. The maximum atomic E-state index is 12.9. The number of carbonyl (C=O) groups excluding carboxylic acids is 1. The molecule has 0 spiro atoms. The number of hydrogen-bond acceptors (Lipinski definition) is 7. The van der Waals surface area contributed by atoms with E-state index < -0.39 is 0 Å². The molecule has 5 heterocycles. The monoisotopic (exact) mass is 394 g/mol. The van der Waals surface area contributed by atoms with Crippen molar-refractivity contribution in [3.8, 4) is 11.6 Å². The van der Waals surface area contributed by atoms with E-state index in [4.69, 9.17) is 9.26 Å². The van der Waals surface area contributed by atoms with E-state index in [1.165, 1.54) is 0 Å². The zero-order valence-corrected chi connectivity index (χ0v) is 16.5. The van der Waals surface area contributed by atoms with Crippen molar-refractivity contribution in [2.75, 3.05) is 13.2 Å². The number of pyridine rings is 1. The van der Waals surface area contributed by atoms with Crippen LogP contribution in [0.15, 0.2) is 22.9 Å². The van der Waals surface area contributed by atoms with Crippen LogP contribution in [0.5, 0.6) is 0 Å². The molecule has 3 aromatic rings. The highest BCUT2D eigenvalue weighted by atomic mass is 16.5. The van der Waals surface area contributed by atoms with Gasteiger partial charge in [0.25, 0.3) is 11.8 Å². The van der Waals surface area contributed by atoms with Gasteiger partial charge in [0.15, 0.2) is 11.5 Å². The summed E-state index contributed by atoms with van der Waals surface area (Å²) < 4.78 is 12.8. The average Bonchev–Trinajstić information content (AvgIpc) is 3.46. The van der Waals surface area contributed by atoms with E-state index in [1.807, 2.05) is 26.1 Å². The molecule has 0 aromatic carbocycles. The summed E-state index contributed by atoms with van der Waals surface area (Å²) in [6.45, 7) is 4.29. The molecule has 2 aliphatic rings. The quantitative estimate of drug-likeness (QED) is 0.671. The minimum absolute atomic E-state index is 0.0481. The molecule has 29 heavy (non-hydrogen) atoms. The summed E-state index contributed by atoms with van der Waals surface area (Å²) in [7, 11) is 1.87. The third-order valence-corrected chi connectivity index (χ3v) is 5.64. The minimum atomic E-state index is -0.0481. The Morgan fingerprint density at radius 3 is 2.79 bits per heavy atom. The first kappa shape index (κ1) is 18.0. The summed E-state index contributed by atoms with van der Waals surface area (Å²) >= 11 is 0. The Balaban J connectivity index is 1.39. The Labute approximate surface area is 167 Å². The lowest BCUT2D eigenvalue weighted by atomic mass is 10.00. The normalized spacial score (nSPS) is 17.0. The molecule has 0 atom stereocenters. The van der Waals surface area contributed by atoms with Gasteiger partial charge in [-0.3, -0.25) is 14.5 Å². The second-order valence-electron chi connectivity index (χ2n) is 7.59. The second-order valence-corrected chi connectivity index (χ2v) is 7.59. The molecule has 2 aliphatic heterocycles. The van der Waals surface area contributed by atoms with Crippen LogP contribution in [0.2, 0.25) is 0 Å². The zero-order valence-electron chi connectivity index (χ0n) is 16.5. The Bertz CT molecular complexity index is 1050. The summed E-state index contributed by atoms with van der Waals surface area (Å²) in [4.78, 5) is 23.5. The molecule has 9 nitrogen and oxygen atoms in total. The maximum Gasteiger partial charge on any atom is 0.278 e. The molecule has 150 valence electrons. The molecule has 9 heteroatoms. The van der Waals surface area contributed by atoms with Crippen molar-refractivity contribution in [2.45, 2.75) is 38.8 Å². The van der Waals surface area contributed by atoms with Gasteiger partial charge in [-0.1, -0.05) is 5.16 Å². The van der Waals surface area contributed by atoms with Crippen molar-refractivity contribution < 1.29 is 14.1 Å². The van der Waals surface area contributed by atoms with Crippen LogP contribution in [0.3, 0.4) is 0 Å². The standard InChI is InChI=1S/C20H22N6O3/c1-12-3-4-14(9-21-12)20(27)26-10-15-16(11-26)25(2)23-17(15)19-22-18(24-29-19)13-5-7-28-8-6-13/h3-4,9,13H,5-8,10-11H2,1-2H3. The van der Waals surface area contributed by atoms with Crippen LogP contribution in [0, 0.1) is 6.92 Å². The molecular weight excluding hydrogens is 372 g/mol. The molecule has 3 aromatic heterocycles. The number of ether oxygens (including phenoxy) is 1. The van der Waals surface area contributed by atoms with E-state index in [9.17, 15) is 4.79 Å². The van der Waals surface area contributed by atoms with Gasteiger partial charge in [0, 0.05) is 43.6 Å². The van der Waals surface area contributed by atoms with Crippen LogP contribution in [0.25, 0.3) is 11.6 Å². The third kappa shape index (κ3) is 3.21. The summed E-state index contributed by atoms with van der Waals surface area (Å²) in [6.07, 6.45) is 3.41. The van der Waals surface area contributed by atoms with E-state index in [1.54, 1.807) is 15.8 Å². The van der Waals surface area contributed by atoms with E-state index in [0.29, 0.717) is 36.1 Å². The predicted molar refractivity (Wildman–Crippen MR) is 102 cm³/mol. The first-order valence-electron chi connectivity index (χ1n) is 9.78. The lowest BCUT2D eigenvalue weighted by Gasteiger charge is -2.18. The van der Waals surface area contributed by atoms with Crippen LogP contribution in [-0.4, -0.2) is 48.9 Å². The number of aromatic nitrogens is 5. The second kappa shape index (κ2) is 7.07. The lowest BCUT2D eigenvalue weighted by Crippen LogP contribution is -2.26. The molecule has 0 unspecified atom stereocenters. The molecule has 0 radical (unpaired) electrons. The van der Waals surface area contributed by atoms with Crippen molar-refractivity contribution in [3.05, 3.63) is 46.7 Å². The van der Waals surface area contributed by atoms with Crippen LogP contribution in [-0.2, 0) is 24.9 Å². The molecule has 5 rings (SSSR count). The van der Waals surface area contributed by atoms with Gasteiger partial charge >= 0.3 is 0 Å². The average molecular weight is 394 g/mol. The number of aryl methyl sites for hydroxylation is 2.